The van der Waals surface area contributed by atoms with Crippen molar-refractivity contribution in [3.63, 3.8) is 0 Å². The molecule has 90 valence electrons. The van der Waals surface area contributed by atoms with Crippen molar-refractivity contribution in [3.8, 4) is 0 Å². The van der Waals surface area contributed by atoms with Crippen molar-refractivity contribution in [2.45, 2.75) is 20.8 Å². The lowest BCUT2D eigenvalue weighted by molar-refractivity contribution is 0.831. The van der Waals surface area contributed by atoms with Gasteiger partial charge in [-0.2, -0.15) is 0 Å². The summed E-state index contributed by atoms with van der Waals surface area (Å²) in [5.74, 6) is 0.560. The fourth-order valence-electron chi connectivity index (χ4n) is 1.61. The number of hydrogen-bond donors (Lipinski definition) is 0. The third kappa shape index (κ3) is 3.63. The quantitative estimate of drug-likeness (QED) is 0.697. The highest BCUT2D eigenvalue weighted by Crippen LogP contribution is 2.06. The molecule has 0 atom stereocenters. The first kappa shape index (κ1) is 13.3. The smallest absolute Gasteiger partial charge is 0.0391 e. The lowest BCUT2D eigenvalue weighted by Crippen LogP contribution is -2.22. The third-order valence-corrected chi connectivity index (χ3v) is 2.47. The summed E-state index contributed by atoms with van der Waals surface area (Å²) in [5.41, 5.74) is 2.08. The molecule has 1 rings (SSSR count). The van der Waals surface area contributed by atoms with Gasteiger partial charge in [0.2, 0.25) is 0 Å². The van der Waals surface area contributed by atoms with Crippen LogP contribution in [0.5, 0.6) is 0 Å². The van der Waals surface area contributed by atoms with Crippen molar-refractivity contribution in [1.82, 2.24) is 4.57 Å². The van der Waals surface area contributed by atoms with E-state index in [-0.39, 0.29) is 0 Å². The van der Waals surface area contributed by atoms with Gasteiger partial charge in [-0.25, -0.2) is 0 Å². The van der Waals surface area contributed by atoms with Gasteiger partial charge in [0.05, 0.1) is 0 Å². The predicted molar refractivity (Wildman–Crippen MR) is 77.8 cm³/mol. The average molecular weight is 227 g/mol. The molecular formula is C16H21N. The minimum atomic E-state index is 0.560. The van der Waals surface area contributed by atoms with Gasteiger partial charge >= 0.3 is 0 Å². The van der Waals surface area contributed by atoms with Gasteiger partial charge in [0.1, 0.15) is 0 Å². The van der Waals surface area contributed by atoms with Crippen LogP contribution >= 0.6 is 0 Å². The van der Waals surface area contributed by atoms with E-state index in [1.807, 2.05) is 22.8 Å². The molecule has 0 bridgehead atoms. The summed E-state index contributed by atoms with van der Waals surface area (Å²) in [7, 11) is 0. The SMILES string of the molecule is C=C(/C=C(C)\C=C\C(C)C)n1c(=C)ccc1=C. The minimum absolute atomic E-state index is 0.560. The van der Waals surface area contributed by atoms with Crippen LogP contribution in [0.15, 0.2) is 42.5 Å². The molecule has 0 saturated heterocycles. The second-order valence-corrected chi connectivity index (χ2v) is 4.63. The summed E-state index contributed by atoms with van der Waals surface area (Å²) in [6, 6.07) is 3.89. The Bertz CT molecular complexity index is 525. The van der Waals surface area contributed by atoms with Crippen LogP contribution in [-0.2, 0) is 0 Å². The van der Waals surface area contributed by atoms with Crippen LogP contribution in [-0.4, -0.2) is 4.57 Å². The summed E-state index contributed by atoms with van der Waals surface area (Å²) in [5, 5.41) is 1.83. The van der Waals surface area contributed by atoms with Crippen molar-refractivity contribution in [3.05, 3.63) is 53.2 Å². The zero-order valence-corrected chi connectivity index (χ0v) is 11.0. The number of nitrogens with zero attached hydrogens (tertiary/aromatic N) is 1. The van der Waals surface area contributed by atoms with Crippen LogP contribution in [0, 0.1) is 5.92 Å². The first-order valence-electron chi connectivity index (χ1n) is 5.83. The molecule has 1 aromatic rings. The van der Waals surface area contributed by atoms with Gasteiger partial charge in [-0.05, 0) is 36.6 Å². The molecule has 0 spiro atoms. The Kier molecular flexibility index (Phi) is 4.33. The molecule has 0 amide bonds. The summed E-state index contributed by atoms with van der Waals surface area (Å²) in [6.45, 7) is 18.4. The Morgan fingerprint density at radius 1 is 1.24 bits per heavy atom. The van der Waals surface area contributed by atoms with Gasteiger partial charge in [0, 0.05) is 16.4 Å². The van der Waals surface area contributed by atoms with Crippen LogP contribution in [0.4, 0.5) is 0 Å². The van der Waals surface area contributed by atoms with Crippen molar-refractivity contribution in [2.24, 2.45) is 5.92 Å². The zero-order valence-electron chi connectivity index (χ0n) is 11.0. The zero-order chi connectivity index (χ0) is 13.0. The van der Waals surface area contributed by atoms with Crippen molar-refractivity contribution in [2.75, 3.05) is 0 Å². The first-order valence-corrected chi connectivity index (χ1v) is 5.83. The van der Waals surface area contributed by atoms with Gasteiger partial charge in [-0.1, -0.05) is 45.7 Å². The predicted octanol–water partition coefficient (Wildman–Crippen LogP) is 2.94. The van der Waals surface area contributed by atoms with E-state index in [1.165, 1.54) is 5.57 Å². The van der Waals surface area contributed by atoms with Crippen molar-refractivity contribution in [1.29, 1.82) is 0 Å². The van der Waals surface area contributed by atoms with E-state index in [0.29, 0.717) is 5.92 Å². The molecule has 0 aliphatic carbocycles. The monoisotopic (exact) mass is 227 g/mol. The van der Waals surface area contributed by atoms with Crippen LogP contribution in [0.25, 0.3) is 18.9 Å². The van der Waals surface area contributed by atoms with Crippen LogP contribution in [0.2, 0.25) is 0 Å². The Hall–Kier alpha value is -1.76. The van der Waals surface area contributed by atoms with Gasteiger partial charge in [0.25, 0.3) is 0 Å². The maximum Gasteiger partial charge on any atom is 0.0391 e. The number of rotatable bonds is 4. The van der Waals surface area contributed by atoms with Crippen molar-refractivity contribution >= 4 is 18.9 Å². The Morgan fingerprint density at radius 3 is 2.24 bits per heavy atom. The summed E-state index contributed by atoms with van der Waals surface area (Å²) >= 11 is 0. The van der Waals surface area contributed by atoms with E-state index in [1.54, 1.807) is 0 Å². The molecule has 0 saturated carbocycles. The fraction of sp³-hybridized carbons (Fsp3) is 0.250. The molecule has 1 nitrogen and oxygen atoms in total. The molecule has 0 aliphatic rings. The van der Waals surface area contributed by atoms with Crippen LogP contribution < -0.4 is 10.7 Å². The summed E-state index contributed by atoms with van der Waals surface area (Å²) < 4.78 is 1.95. The Labute approximate surface area is 104 Å². The van der Waals surface area contributed by atoms with Gasteiger partial charge in [-0.3, -0.25) is 0 Å². The molecule has 1 aromatic heterocycles. The van der Waals surface area contributed by atoms with Gasteiger partial charge in [0.15, 0.2) is 0 Å². The fourth-order valence-corrected chi connectivity index (χ4v) is 1.61. The van der Waals surface area contributed by atoms with Gasteiger partial charge in [-0.15, -0.1) is 0 Å². The normalized spacial score (nSPS) is 12.6. The van der Waals surface area contributed by atoms with E-state index in [2.05, 4.69) is 52.7 Å². The number of aromatic nitrogens is 1. The molecule has 17 heavy (non-hydrogen) atoms. The molecule has 0 N–H and O–H groups in total. The number of allylic oxidation sites excluding steroid dienone is 5. The molecule has 0 aliphatic heterocycles. The van der Waals surface area contributed by atoms with Crippen molar-refractivity contribution < 1.29 is 0 Å². The topological polar surface area (TPSA) is 4.93 Å². The average Bonchev–Trinajstić information content (AvgIpc) is 2.55. The third-order valence-electron chi connectivity index (χ3n) is 2.47. The highest BCUT2D eigenvalue weighted by Gasteiger charge is 1.96. The highest BCUT2D eigenvalue weighted by atomic mass is 15.0. The number of hydrogen-bond acceptors (Lipinski definition) is 0. The van der Waals surface area contributed by atoms with E-state index >= 15 is 0 Å². The Morgan fingerprint density at radius 2 is 1.76 bits per heavy atom. The first-order chi connectivity index (χ1) is 7.91. The molecule has 0 aromatic carbocycles. The summed E-state index contributed by atoms with van der Waals surface area (Å²) in [6.07, 6.45) is 6.33. The Balaban J connectivity index is 2.97. The van der Waals surface area contributed by atoms with E-state index in [0.717, 1.165) is 16.4 Å². The van der Waals surface area contributed by atoms with Crippen LogP contribution in [0.3, 0.4) is 0 Å². The molecule has 1 heteroatoms. The lowest BCUT2D eigenvalue weighted by atomic mass is 10.1. The minimum Gasteiger partial charge on any atom is -0.312 e. The molecule has 1 heterocycles. The van der Waals surface area contributed by atoms with E-state index in [4.69, 9.17) is 0 Å². The van der Waals surface area contributed by atoms with E-state index in [9.17, 15) is 0 Å². The summed E-state index contributed by atoms with van der Waals surface area (Å²) in [4.78, 5) is 0. The molecular weight excluding hydrogens is 206 g/mol. The van der Waals surface area contributed by atoms with E-state index < -0.39 is 0 Å². The molecule has 0 unspecified atom stereocenters. The molecule has 0 fully saturated rings. The largest absolute Gasteiger partial charge is 0.312 e. The highest BCUT2D eigenvalue weighted by molar-refractivity contribution is 5.57. The lowest BCUT2D eigenvalue weighted by Gasteiger charge is -2.04. The standard InChI is InChI=1S/C16H21N/c1-12(2)7-8-13(3)11-16(6)17-14(4)9-10-15(17)5/h7-12H,4-6H2,1-3H3/b8-7+,13-11-. The second-order valence-electron chi connectivity index (χ2n) is 4.63. The second kappa shape index (κ2) is 5.53. The maximum atomic E-state index is 4.06. The van der Waals surface area contributed by atoms with Gasteiger partial charge < -0.3 is 4.57 Å². The van der Waals surface area contributed by atoms with Crippen LogP contribution in [0.1, 0.15) is 20.8 Å². The maximum absolute atomic E-state index is 4.06. The molecule has 0 radical (unpaired) electrons.